The molecule has 1 aliphatic heterocycles. The lowest BCUT2D eigenvalue weighted by Crippen LogP contribution is -2.42. The summed E-state index contributed by atoms with van der Waals surface area (Å²) in [5.74, 6) is 2.99. The van der Waals surface area contributed by atoms with Gasteiger partial charge in [-0.1, -0.05) is 24.3 Å². The largest absolute Gasteiger partial charge is 0.460 e. The molecule has 0 spiro atoms. The van der Waals surface area contributed by atoms with Gasteiger partial charge in [0.25, 0.3) is 0 Å². The summed E-state index contributed by atoms with van der Waals surface area (Å²) in [4.78, 5) is 19.0. The van der Waals surface area contributed by atoms with Crippen LogP contribution in [0.3, 0.4) is 0 Å². The van der Waals surface area contributed by atoms with Gasteiger partial charge in [-0.05, 0) is 62.5 Å². The summed E-state index contributed by atoms with van der Waals surface area (Å²) >= 11 is 0. The Bertz CT molecular complexity index is 752. The molecule has 1 N–H and O–H groups in total. The van der Waals surface area contributed by atoms with E-state index in [1.54, 1.807) is 5.56 Å². The average molecular weight is 370 g/mol. The van der Waals surface area contributed by atoms with Crippen LogP contribution in [0.15, 0.2) is 29.3 Å². The Balaban J connectivity index is 1.28. The molecular weight excluding hydrogens is 338 g/mol. The summed E-state index contributed by atoms with van der Waals surface area (Å²) in [7, 11) is 1.83. The second kappa shape index (κ2) is 6.84. The van der Waals surface area contributed by atoms with Crippen LogP contribution < -0.4 is 5.32 Å². The molecule has 0 amide bonds. The first-order chi connectivity index (χ1) is 12.9. The van der Waals surface area contributed by atoms with Crippen molar-refractivity contribution in [2.75, 3.05) is 26.7 Å². The van der Waals surface area contributed by atoms with E-state index in [-0.39, 0.29) is 11.9 Å². The lowest BCUT2D eigenvalue weighted by molar-refractivity contribution is -0.159. The third-order valence-corrected chi connectivity index (χ3v) is 6.14. The van der Waals surface area contributed by atoms with Crippen molar-refractivity contribution in [3.8, 4) is 0 Å². The lowest BCUT2D eigenvalue weighted by atomic mass is 10.0. The number of guanidine groups is 1. The Morgan fingerprint density at radius 1 is 1.33 bits per heavy atom. The lowest BCUT2D eigenvalue weighted by Gasteiger charge is -2.24. The number of nitrogens with zero attached hydrogens (tertiary/aromatic N) is 2. The minimum atomic E-state index is -0.426. The Morgan fingerprint density at radius 2 is 2.11 bits per heavy atom. The molecular formula is C22H31N3O2. The molecule has 1 saturated carbocycles. The Hall–Kier alpha value is -2.04. The van der Waals surface area contributed by atoms with Crippen molar-refractivity contribution in [3.05, 3.63) is 35.4 Å². The average Bonchev–Trinajstić information content (AvgIpc) is 2.99. The van der Waals surface area contributed by atoms with Crippen molar-refractivity contribution in [3.63, 3.8) is 0 Å². The van der Waals surface area contributed by atoms with Gasteiger partial charge in [-0.15, -0.1) is 0 Å². The number of fused-ring (bicyclic) bond motifs is 3. The maximum absolute atomic E-state index is 12.3. The van der Waals surface area contributed by atoms with Gasteiger partial charge in [0, 0.05) is 26.7 Å². The number of esters is 1. The van der Waals surface area contributed by atoms with Gasteiger partial charge in [-0.2, -0.15) is 0 Å². The van der Waals surface area contributed by atoms with Crippen LogP contribution in [0.25, 0.3) is 0 Å². The van der Waals surface area contributed by atoms with E-state index in [0.29, 0.717) is 12.5 Å². The van der Waals surface area contributed by atoms with Gasteiger partial charge in [0.15, 0.2) is 5.96 Å². The van der Waals surface area contributed by atoms with Crippen LogP contribution in [0.2, 0.25) is 0 Å². The minimum Gasteiger partial charge on any atom is -0.460 e. The SMILES string of the molecule is CN=C(NCC1C2Cc3ccccc3C12)N1CCC(C(=O)OC(C)(C)C)C1. The van der Waals surface area contributed by atoms with Crippen molar-refractivity contribution < 1.29 is 9.53 Å². The number of hydrogen-bond acceptors (Lipinski definition) is 3. The summed E-state index contributed by atoms with van der Waals surface area (Å²) in [5.41, 5.74) is 2.66. The molecule has 4 atom stereocenters. The number of carbonyl (C=O) groups excluding carboxylic acids is 1. The minimum absolute atomic E-state index is 0.0602. The molecule has 0 aromatic heterocycles. The fourth-order valence-electron chi connectivity index (χ4n) is 4.83. The number of aliphatic imine (C=N–C) groups is 1. The van der Waals surface area contributed by atoms with Crippen LogP contribution in [-0.4, -0.2) is 49.1 Å². The zero-order chi connectivity index (χ0) is 19.2. The maximum Gasteiger partial charge on any atom is 0.311 e. The molecule has 0 radical (unpaired) electrons. The fraction of sp³-hybridized carbons (Fsp3) is 0.636. The van der Waals surface area contributed by atoms with Crippen molar-refractivity contribution in [2.45, 2.75) is 45.1 Å². The predicted molar refractivity (Wildman–Crippen MR) is 107 cm³/mol. The molecule has 3 aliphatic rings. The fourth-order valence-corrected chi connectivity index (χ4v) is 4.83. The second-order valence-corrected chi connectivity index (χ2v) is 9.15. The summed E-state index contributed by atoms with van der Waals surface area (Å²) in [6.45, 7) is 8.26. The molecule has 5 heteroatoms. The molecule has 5 nitrogen and oxygen atoms in total. The molecule has 4 rings (SSSR count). The molecule has 0 bridgehead atoms. The number of ether oxygens (including phenoxy) is 1. The Labute approximate surface area is 162 Å². The topological polar surface area (TPSA) is 53.9 Å². The van der Waals surface area contributed by atoms with Gasteiger partial charge < -0.3 is 15.0 Å². The van der Waals surface area contributed by atoms with Crippen molar-refractivity contribution in [2.24, 2.45) is 22.7 Å². The number of likely N-dealkylation sites (tertiary alicyclic amines) is 1. The van der Waals surface area contributed by atoms with E-state index >= 15 is 0 Å². The van der Waals surface area contributed by atoms with Gasteiger partial charge in [0.2, 0.25) is 0 Å². The zero-order valence-electron chi connectivity index (χ0n) is 16.9. The Kier molecular flexibility index (Phi) is 4.65. The molecule has 2 fully saturated rings. The molecule has 1 aromatic carbocycles. The van der Waals surface area contributed by atoms with E-state index in [4.69, 9.17) is 4.74 Å². The monoisotopic (exact) mass is 369 g/mol. The third-order valence-electron chi connectivity index (χ3n) is 6.14. The van der Waals surface area contributed by atoms with Gasteiger partial charge in [0.1, 0.15) is 5.60 Å². The van der Waals surface area contributed by atoms with Gasteiger partial charge in [-0.25, -0.2) is 0 Å². The summed E-state index contributed by atoms with van der Waals surface area (Å²) in [5, 5.41) is 3.56. The highest BCUT2D eigenvalue weighted by Crippen LogP contribution is 2.60. The zero-order valence-corrected chi connectivity index (χ0v) is 16.9. The number of benzene rings is 1. The predicted octanol–water partition coefficient (Wildman–Crippen LogP) is 2.81. The highest BCUT2D eigenvalue weighted by molar-refractivity contribution is 5.82. The first-order valence-corrected chi connectivity index (χ1v) is 10.1. The smallest absolute Gasteiger partial charge is 0.311 e. The number of hydrogen-bond donors (Lipinski definition) is 1. The molecule has 1 saturated heterocycles. The molecule has 4 unspecified atom stereocenters. The normalized spacial score (nSPS) is 29.3. The Morgan fingerprint density at radius 3 is 2.85 bits per heavy atom. The summed E-state index contributed by atoms with van der Waals surface area (Å²) in [6, 6.07) is 8.86. The van der Waals surface area contributed by atoms with Crippen LogP contribution in [-0.2, 0) is 16.0 Å². The van der Waals surface area contributed by atoms with Crippen LogP contribution >= 0.6 is 0 Å². The quantitative estimate of drug-likeness (QED) is 0.506. The standard InChI is InChI=1S/C22H31N3O2/c1-22(2,3)27-20(26)15-9-10-25(13-15)21(23-4)24-12-18-17-11-14-7-5-6-8-16(14)19(17)18/h5-8,15,17-19H,9-13H2,1-4H3,(H,23,24). The highest BCUT2D eigenvalue weighted by Gasteiger charge is 2.55. The summed E-state index contributed by atoms with van der Waals surface area (Å²) in [6.07, 6.45) is 2.05. The second-order valence-electron chi connectivity index (χ2n) is 9.15. The van der Waals surface area contributed by atoms with Gasteiger partial charge >= 0.3 is 5.97 Å². The van der Waals surface area contributed by atoms with Crippen molar-refractivity contribution in [1.82, 2.24) is 10.2 Å². The highest BCUT2D eigenvalue weighted by atomic mass is 16.6. The van der Waals surface area contributed by atoms with E-state index in [2.05, 4.69) is 39.5 Å². The van der Waals surface area contributed by atoms with Crippen LogP contribution in [0.1, 0.15) is 44.2 Å². The molecule has 27 heavy (non-hydrogen) atoms. The van der Waals surface area contributed by atoms with Crippen LogP contribution in [0, 0.1) is 17.8 Å². The van der Waals surface area contributed by atoms with E-state index in [9.17, 15) is 4.79 Å². The maximum atomic E-state index is 12.3. The first kappa shape index (κ1) is 18.3. The van der Waals surface area contributed by atoms with Crippen LogP contribution in [0.5, 0.6) is 0 Å². The molecule has 146 valence electrons. The van der Waals surface area contributed by atoms with E-state index < -0.39 is 5.60 Å². The van der Waals surface area contributed by atoms with E-state index in [1.165, 1.54) is 12.0 Å². The van der Waals surface area contributed by atoms with Crippen molar-refractivity contribution in [1.29, 1.82) is 0 Å². The van der Waals surface area contributed by atoms with Gasteiger partial charge in [0.05, 0.1) is 5.92 Å². The van der Waals surface area contributed by atoms with E-state index in [1.807, 2.05) is 27.8 Å². The number of carbonyl (C=O) groups is 1. The third kappa shape index (κ3) is 3.69. The first-order valence-electron chi connectivity index (χ1n) is 10.1. The molecule has 1 aromatic rings. The molecule has 2 aliphatic carbocycles. The number of rotatable bonds is 3. The van der Waals surface area contributed by atoms with E-state index in [0.717, 1.165) is 37.3 Å². The summed E-state index contributed by atoms with van der Waals surface area (Å²) < 4.78 is 5.55. The molecule has 1 heterocycles. The van der Waals surface area contributed by atoms with Crippen LogP contribution in [0.4, 0.5) is 0 Å². The van der Waals surface area contributed by atoms with Crippen molar-refractivity contribution >= 4 is 11.9 Å². The number of nitrogens with one attached hydrogen (secondary N) is 1. The van der Waals surface area contributed by atoms with Gasteiger partial charge in [-0.3, -0.25) is 9.79 Å².